The summed E-state index contributed by atoms with van der Waals surface area (Å²) in [5, 5.41) is 0. The molecule has 2 atom stereocenters. The lowest BCUT2D eigenvalue weighted by molar-refractivity contribution is 0.538. The van der Waals surface area contributed by atoms with E-state index in [-0.39, 0.29) is 0 Å². The first-order chi connectivity index (χ1) is 8.77. The summed E-state index contributed by atoms with van der Waals surface area (Å²) in [6.07, 6.45) is 8.70. The highest BCUT2D eigenvalue weighted by atomic mass is 15.0. The normalized spacial score (nSPS) is 14.1. The zero-order chi connectivity index (χ0) is 12.8. The molecule has 0 aliphatic heterocycles. The highest BCUT2D eigenvalue weighted by molar-refractivity contribution is 4.97. The van der Waals surface area contributed by atoms with Crippen LogP contribution >= 0.6 is 0 Å². The maximum Gasteiger partial charge on any atom is 0.134 e. The number of rotatable bonds is 5. The molecule has 2 aromatic rings. The zero-order valence-electron chi connectivity index (χ0n) is 10.7. The fraction of sp³-hybridized carbons (Fsp3) is 0.462. The molecular formula is C13H17N5. The zero-order valence-corrected chi connectivity index (χ0v) is 10.7. The SMILES string of the molecule is CC(CCC(C)c1ncncn1)c1ncccn1. The molecule has 5 heteroatoms. The third-order valence-corrected chi connectivity index (χ3v) is 3.01. The summed E-state index contributed by atoms with van der Waals surface area (Å²) in [5.74, 6) is 2.45. The molecule has 0 N–H and O–H groups in total. The first kappa shape index (κ1) is 12.5. The van der Waals surface area contributed by atoms with Gasteiger partial charge in [-0.25, -0.2) is 24.9 Å². The smallest absolute Gasteiger partial charge is 0.134 e. The second-order valence-corrected chi connectivity index (χ2v) is 4.48. The number of hydrogen-bond donors (Lipinski definition) is 0. The Kier molecular flexibility index (Phi) is 4.28. The molecule has 0 saturated carbocycles. The number of nitrogens with zero attached hydrogens (tertiary/aromatic N) is 5. The Morgan fingerprint density at radius 1 is 0.833 bits per heavy atom. The molecule has 0 bridgehead atoms. The van der Waals surface area contributed by atoms with Gasteiger partial charge in [-0.2, -0.15) is 0 Å². The Balaban J connectivity index is 1.89. The third kappa shape index (κ3) is 3.29. The van der Waals surface area contributed by atoms with E-state index in [0.717, 1.165) is 24.5 Å². The first-order valence-electron chi connectivity index (χ1n) is 6.16. The predicted molar refractivity (Wildman–Crippen MR) is 67.9 cm³/mol. The Bertz CT molecular complexity index is 414. The molecule has 0 fully saturated rings. The standard InChI is InChI=1S/C13H17N5/c1-10(12-15-6-3-7-16-12)4-5-11(2)13-17-8-14-9-18-13/h3,6-11H,4-5H2,1-2H3. The molecule has 94 valence electrons. The third-order valence-electron chi connectivity index (χ3n) is 3.01. The maximum absolute atomic E-state index is 4.28. The molecule has 0 saturated heterocycles. The van der Waals surface area contributed by atoms with E-state index in [1.165, 1.54) is 0 Å². The van der Waals surface area contributed by atoms with Gasteiger partial charge in [-0.15, -0.1) is 0 Å². The van der Waals surface area contributed by atoms with E-state index in [9.17, 15) is 0 Å². The van der Waals surface area contributed by atoms with Crippen LogP contribution in [0.15, 0.2) is 31.1 Å². The minimum atomic E-state index is 0.333. The van der Waals surface area contributed by atoms with Crippen LogP contribution in [0, 0.1) is 0 Å². The van der Waals surface area contributed by atoms with E-state index >= 15 is 0 Å². The van der Waals surface area contributed by atoms with E-state index in [0.29, 0.717) is 11.8 Å². The van der Waals surface area contributed by atoms with Crippen molar-refractivity contribution in [2.75, 3.05) is 0 Å². The van der Waals surface area contributed by atoms with Crippen LogP contribution in [0.5, 0.6) is 0 Å². The molecule has 0 radical (unpaired) electrons. The quantitative estimate of drug-likeness (QED) is 0.806. The fourth-order valence-corrected chi connectivity index (χ4v) is 1.83. The van der Waals surface area contributed by atoms with E-state index in [1.807, 2.05) is 6.07 Å². The van der Waals surface area contributed by atoms with Crippen molar-refractivity contribution in [3.63, 3.8) is 0 Å². The van der Waals surface area contributed by atoms with E-state index in [4.69, 9.17) is 0 Å². The van der Waals surface area contributed by atoms with Crippen molar-refractivity contribution < 1.29 is 0 Å². The summed E-state index contributed by atoms with van der Waals surface area (Å²) in [6, 6.07) is 1.84. The molecule has 0 aromatic carbocycles. The Labute approximate surface area is 107 Å². The molecule has 2 unspecified atom stereocenters. The second-order valence-electron chi connectivity index (χ2n) is 4.48. The minimum absolute atomic E-state index is 0.333. The number of hydrogen-bond acceptors (Lipinski definition) is 5. The van der Waals surface area contributed by atoms with E-state index in [2.05, 4.69) is 38.8 Å². The molecule has 2 rings (SSSR count). The van der Waals surface area contributed by atoms with Crippen LogP contribution < -0.4 is 0 Å². The van der Waals surface area contributed by atoms with Crippen LogP contribution in [-0.4, -0.2) is 24.9 Å². The van der Waals surface area contributed by atoms with E-state index < -0.39 is 0 Å². The van der Waals surface area contributed by atoms with Crippen LogP contribution in [-0.2, 0) is 0 Å². The summed E-state index contributed by atoms with van der Waals surface area (Å²) >= 11 is 0. The van der Waals surface area contributed by atoms with Gasteiger partial charge in [0.1, 0.15) is 24.3 Å². The van der Waals surface area contributed by atoms with Gasteiger partial charge in [-0.1, -0.05) is 13.8 Å². The fourth-order valence-electron chi connectivity index (χ4n) is 1.83. The van der Waals surface area contributed by atoms with Crippen LogP contribution in [0.25, 0.3) is 0 Å². The van der Waals surface area contributed by atoms with Gasteiger partial charge in [0.25, 0.3) is 0 Å². The van der Waals surface area contributed by atoms with Crippen LogP contribution in [0.3, 0.4) is 0 Å². The molecule has 0 spiro atoms. The highest BCUT2D eigenvalue weighted by Gasteiger charge is 2.13. The van der Waals surface area contributed by atoms with Gasteiger partial charge in [0.05, 0.1) is 0 Å². The van der Waals surface area contributed by atoms with Crippen molar-refractivity contribution in [1.82, 2.24) is 24.9 Å². The van der Waals surface area contributed by atoms with Crippen molar-refractivity contribution in [1.29, 1.82) is 0 Å². The molecule has 0 aliphatic rings. The number of aromatic nitrogens is 5. The van der Waals surface area contributed by atoms with Crippen molar-refractivity contribution in [3.8, 4) is 0 Å². The largest absolute Gasteiger partial charge is 0.241 e. The van der Waals surface area contributed by atoms with Crippen molar-refractivity contribution in [2.24, 2.45) is 0 Å². The summed E-state index contributed by atoms with van der Waals surface area (Å²) < 4.78 is 0. The van der Waals surface area contributed by atoms with Gasteiger partial charge in [0, 0.05) is 24.2 Å². The summed E-state index contributed by atoms with van der Waals surface area (Å²) in [7, 11) is 0. The maximum atomic E-state index is 4.28. The highest BCUT2D eigenvalue weighted by Crippen LogP contribution is 2.23. The molecule has 2 heterocycles. The van der Waals surface area contributed by atoms with Crippen molar-refractivity contribution in [2.45, 2.75) is 38.5 Å². The molecule has 5 nitrogen and oxygen atoms in total. The van der Waals surface area contributed by atoms with Gasteiger partial charge in [-0.3, -0.25) is 0 Å². The van der Waals surface area contributed by atoms with Gasteiger partial charge in [0.2, 0.25) is 0 Å². The summed E-state index contributed by atoms with van der Waals surface area (Å²) in [5.41, 5.74) is 0. The molecule has 0 aliphatic carbocycles. The van der Waals surface area contributed by atoms with Crippen molar-refractivity contribution >= 4 is 0 Å². The lowest BCUT2D eigenvalue weighted by Crippen LogP contribution is -2.05. The monoisotopic (exact) mass is 243 g/mol. The minimum Gasteiger partial charge on any atom is -0.241 e. The van der Waals surface area contributed by atoms with Gasteiger partial charge >= 0.3 is 0 Å². The predicted octanol–water partition coefficient (Wildman–Crippen LogP) is 2.35. The Hall–Kier alpha value is -1.91. The average molecular weight is 243 g/mol. The Morgan fingerprint density at radius 2 is 1.33 bits per heavy atom. The second kappa shape index (κ2) is 6.14. The molecule has 2 aromatic heterocycles. The topological polar surface area (TPSA) is 64.5 Å². The first-order valence-corrected chi connectivity index (χ1v) is 6.16. The summed E-state index contributed by atoms with van der Waals surface area (Å²) in [4.78, 5) is 20.7. The summed E-state index contributed by atoms with van der Waals surface area (Å²) in [6.45, 7) is 4.28. The van der Waals surface area contributed by atoms with Crippen molar-refractivity contribution in [3.05, 3.63) is 42.8 Å². The van der Waals surface area contributed by atoms with Crippen LogP contribution in [0.4, 0.5) is 0 Å². The van der Waals surface area contributed by atoms with Gasteiger partial charge < -0.3 is 0 Å². The van der Waals surface area contributed by atoms with Gasteiger partial charge in [-0.05, 0) is 18.9 Å². The van der Waals surface area contributed by atoms with E-state index in [1.54, 1.807) is 25.0 Å². The molecular weight excluding hydrogens is 226 g/mol. The lowest BCUT2D eigenvalue weighted by Gasteiger charge is -2.13. The van der Waals surface area contributed by atoms with Crippen LogP contribution in [0.1, 0.15) is 50.2 Å². The average Bonchev–Trinajstić information content (AvgIpc) is 2.46. The molecule has 18 heavy (non-hydrogen) atoms. The lowest BCUT2D eigenvalue weighted by atomic mass is 9.97. The van der Waals surface area contributed by atoms with Crippen LogP contribution in [0.2, 0.25) is 0 Å². The molecule has 0 amide bonds. The van der Waals surface area contributed by atoms with Gasteiger partial charge in [0.15, 0.2) is 0 Å². The Morgan fingerprint density at radius 3 is 1.89 bits per heavy atom.